The smallest absolute Gasteiger partial charge is 0.328 e. The Labute approximate surface area is 130 Å². The number of carbonyl (C=O) groups is 1. The number of ether oxygens (including phenoxy) is 1. The molecule has 21 heavy (non-hydrogen) atoms. The summed E-state index contributed by atoms with van der Waals surface area (Å²) in [5, 5.41) is 9.13. The fraction of sp³-hybridized carbons (Fsp3) is 0. The SMILES string of the molecule is O=C(O)/C=C/c1c(F)cccc1Oc1cccc(Cl)c1Cl. The Morgan fingerprint density at radius 2 is 1.81 bits per heavy atom. The number of carboxylic acids is 1. The molecule has 3 nitrogen and oxygen atoms in total. The topological polar surface area (TPSA) is 46.5 Å². The monoisotopic (exact) mass is 326 g/mol. The van der Waals surface area contributed by atoms with Crippen LogP contribution in [0.3, 0.4) is 0 Å². The molecule has 0 saturated heterocycles. The van der Waals surface area contributed by atoms with E-state index in [1.165, 1.54) is 18.2 Å². The number of aliphatic carboxylic acids is 1. The minimum absolute atomic E-state index is 0.0101. The van der Waals surface area contributed by atoms with Crippen molar-refractivity contribution in [3.8, 4) is 11.5 Å². The Hall–Kier alpha value is -2.04. The van der Waals surface area contributed by atoms with Gasteiger partial charge in [0, 0.05) is 6.08 Å². The average molecular weight is 327 g/mol. The van der Waals surface area contributed by atoms with Crippen molar-refractivity contribution in [3.05, 3.63) is 63.9 Å². The van der Waals surface area contributed by atoms with E-state index in [9.17, 15) is 9.18 Å². The van der Waals surface area contributed by atoms with Gasteiger partial charge in [-0.3, -0.25) is 0 Å². The van der Waals surface area contributed by atoms with Crippen molar-refractivity contribution in [2.75, 3.05) is 0 Å². The lowest BCUT2D eigenvalue weighted by molar-refractivity contribution is -0.131. The van der Waals surface area contributed by atoms with E-state index in [0.29, 0.717) is 5.02 Å². The largest absolute Gasteiger partial charge is 0.478 e. The van der Waals surface area contributed by atoms with Crippen LogP contribution in [0.4, 0.5) is 4.39 Å². The van der Waals surface area contributed by atoms with Gasteiger partial charge >= 0.3 is 5.97 Å². The summed E-state index contributed by atoms with van der Waals surface area (Å²) < 4.78 is 19.3. The Bertz CT molecular complexity index is 714. The van der Waals surface area contributed by atoms with Gasteiger partial charge in [0.25, 0.3) is 0 Å². The molecule has 0 spiro atoms. The van der Waals surface area contributed by atoms with Crippen LogP contribution >= 0.6 is 23.2 Å². The lowest BCUT2D eigenvalue weighted by Crippen LogP contribution is -1.93. The van der Waals surface area contributed by atoms with Crippen LogP contribution in [0.2, 0.25) is 10.0 Å². The highest BCUT2D eigenvalue weighted by Gasteiger charge is 2.11. The molecule has 0 saturated carbocycles. The number of hydrogen-bond donors (Lipinski definition) is 1. The normalized spacial score (nSPS) is 10.8. The first-order valence-electron chi connectivity index (χ1n) is 5.80. The average Bonchev–Trinajstić information content (AvgIpc) is 2.43. The molecule has 0 aromatic heterocycles. The zero-order chi connectivity index (χ0) is 15.4. The fourth-order valence-electron chi connectivity index (χ4n) is 1.60. The molecule has 0 aliphatic carbocycles. The van der Waals surface area contributed by atoms with Crippen molar-refractivity contribution in [2.45, 2.75) is 0 Å². The van der Waals surface area contributed by atoms with E-state index >= 15 is 0 Å². The van der Waals surface area contributed by atoms with Gasteiger partial charge in [-0.05, 0) is 30.3 Å². The Kier molecular flexibility index (Phi) is 4.83. The van der Waals surface area contributed by atoms with Crippen LogP contribution in [0.25, 0.3) is 6.08 Å². The number of benzene rings is 2. The molecular weight excluding hydrogens is 318 g/mol. The van der Waals surface area contributed by atoms with E-state index in [1.807, 2.05) is 0 Å². The molecule has 0 unspecified atom stereocenters. The molecule has 2 rings (SSSR count). The van der Waals surface area contributed by atoms with Gasteiger partial charge in [-0.1, -0.05) is 35.3 Å². The number of hydrogen-bond acceptors (Lipinski definition) is 2. The summed E-state index contributed by atoms with van der Waals surface area (Å²) in [5.74, 6) is -1.41. The van der Waals surface area contributed by atoms with Gasteiger partial charge in [0.05, 0.1) is 10.6 Å². The molecule has 2 aromatic carbocycles. The summed E-state index contributed by atoms with van der Waals surface area (Å²) in [6, 6.07) is 8.95. The summed E-state index contributed by atoms with van der Waals surface area (Å²) in [4.78, 5) is 10.6. The maximum atomic E-state index is 13.8. The second-order valence-corrected chi connectivity index (χ2v) is 4.76. The van der Waals surface area contributed by atoms with Gasteiger partial charge in [-0.25, -0.2) is 9.18 Å². The molecule has 0 radical (unpaired) electrons. The standard InChI is InChI=1S/C15H9Cl2FO3/c16-10-3-1-6-13(15(10)17)21-12-5-2-4-11(18)9(12)7-8-14(19)20/h1-8H,(H,19,20)/b8-7+. The molecule has 0 aliphatic heterocycles. The van der Waals surface area contributed by atoms with Crippen LogP contribution in [0.15, 0.2) is 42.5 Å². The highest BCUT2D eigenvalue weighted by molar-refractivity contribution is 6.42. The van der Waals surface area contributed by atoms with Crippen molar-refractivity contribution >= 4 is 35.2 Å². The summed E-state index contributed by atoms with van der Waals surface area (Å²) in [7, 11) is 0. The Balaban J connectivity index is 2.42. The predicted octanol–water partition coefficient (Wildman–Crippen LogP) is 5.02. The van der Waals surface area contributed by atoms with E-state index in [1.54, 1.807) is 18.2 Å². The summed E-state index contributed by atoms with van der Waals surface area (Å²) in [6.45, 7) is 0. The van der Waals surface area contributed by atoms with E-state index in [4.69, 9.17) is 33.0 Å². The minimum Gasteiger partial charge on any atom is -0.478 e. The van der Waals surface area contributed by atoms with Crippen LogP contribution < -0.4 is 4.74 Å². The van der Waals surface area contributed by atoms with Crippen LogP contribution in [0.5, 0.6) is 11.5 Å². The van der Waals surface area contributed by atoms with Crippen LogP contribution in [0, 0.1) is 5.82 Å². The van der Waals surface area contributed by atoms with Crippen molar-refractivity contribution in [3.63, 3.8) is 0 Å². The van der Waals surface area contributed by atoms with Gasteiger partial charge < -0.3 is 9.84 Å². The fourth-order valence-corrected chi connectivity index (χ4v) is 1.93. The highest BCUT2D eigenvalue weighted by Crippen LogP contribution is 2.36. The lowest BCUT2D eigenvalue weighted by atomic mass is 10.1. The van der Waals surface area contributed by atoms with E-state index < -0.39 is 11.8 Å². The highest BCUT2D eigenvalue weighted by atomic mass is 35.5. The van der Waals surface area contributed by atoms with Gasteiger partial charge in [0.1, 0.15) is 22.3 Å². The number of halogens is 3. The maximum Gasteiger partial charge on any atom is 0.328 e. The van der Waals surface area contributed by atoms with E-state index in [2.05, 4.69) is 0 Å². The zero-order valence-corrected chi connectivity index (χ0v) is 12.0. The lowest BCUT2D eigenvalue weighted by Gasteiger charge is -2.11. The van der Waals surface area contributed by atoms with Crippen molar-refractivity contribution < 1.29 is 19.0 Å². The third kappa shape index (κ3) is 3.74. The van der Waals surface area contributed by atoms with Gasteiger partial charge in [0.2, 0.25) is 0 Å². The van der Waals surface area contributed by atoms with Gasteiger partial charge in [-0.15, -0.1) is 0 Å². The minimum atomic E-state index is -1.19. The van der Waals surface area contributed by atoms with E-state index in [0.717, 1.165) is 12.2 Å². The molecule has 0 amide bonds. The van der Waals surface area contributed by atoms with Gasteiger partial charge in [0.15, 0.2) is 0 Å². The van der Waals surface area contributed by atoms with Crippen molar-refractivity contribution in [1.29, 1.82) is 0 Å². The predicted molar refractivity (Wildman–Crippen MR) is 79.6 cm³/mol. The van der Waals surface area contributed by atoms with E-state index in [-0.39, 0.29) is 22.1 Å². The van der Waals surface area contributed by atoms with Gasteiger partial charge in [-0.2, -0.15) is 0 Å². The van der Waals surface area contributed by atoms with Crippen LogP contribution in [-0.4, -0.2) is 11.1 Å². The molecule has 1 N–H and O–H groups in total. The summed E-state index contributed by atoms with van der Waals surface area (Å²) in [5.41, 5.74) is 0.0101. The molecule has 0 heterocycles. The third-order valence-electron chi connectivity index (χ3n) is 2.54. The second kappa shape index (κ2) is 6.61. The van der Waals surface area contributed by atoms with Crippen molar-refractivity contribution in [2.24, 2.45) is 0 Å². The number of rotatable bonds is 4. The quantitative estimate of drug-likeness (QED) is 0.802. The molecular formula is C15H9Cl2FO3. The molecule has 108 valence electrons. The molecule has 2 aromatic rings. The summed E-state index contributed by atoms with van der Waals surface area (Å²) >= 11 is 11.9. The third-order valence-corrected chi connectivity index (χ3v) is 3.34. The second-order valence-electron chi connectivity index (χ2n) is 3.98. The maximum absolute atomic E-state index is 13.8. The first kappa shape index (κ1) is 15.4. The first-order chi connectivity index (χ1) is 9.99. The molecule has 6 heteroatoms. The zero-order valence-electron chi connectivity index (χ0n) is 10.5. The summed E-state index contributed by atoms with van der Waals surface area (Å²) in [6.07, 6.45) is 1.94. The van der Waals surface area contributed by atoms with Crippen molar-refractivity contribution in [1.82, 2.24) is 0 Å². The molecule has 0 aliphatic rings. The number of carboxylic acid groups (broad SMARTS) is 1. The molecule has 0 atom stereocenters. The molecule has 0 bridgehead atoms. The van der Waals surface area contributed by atoms with Crippen LogP contribution in [0.1, 0.15) is 5.56 Å². The first-order valence-corrected chi connectivity index (χ1v) is 6.56. The molecule has 0 fully saturated rings. The van der Waals surface area contributed by atoms with Crippen LogP contribution in [-0.2, 0) is 4.79 Å². The Morgan fingerprint density at radius 3 is 2.52 bits per heavy atom. The Morgan fingerprint density at radius 1 is 1.14 bits per heavy atom.